The molecule has 0 radical (unpaired) electrons. The molecule has 3 heterocycles. The Hall–Kier alpha value is -2.23. The maximum absolute atomic E-state index is 11.2. The fraction of sp³-hybridized carbons (Fsp3) is 0.481. The van der Waals surface area contributed by atoms with Crippen LogP contribution in [-0.4, -0.2) is 69.3 Å². The number of ether oxygens (including phenoxy) is 1. The average Bonchev–Trinajstić information content (AvgIpc) is 2.92. The zero-order valence-electron chi connectivity index (χ0n) is 20.3. The van der Waals surface area contributed by atoms with Crippen molar-refractivity contribution in [1.29, 1.82) is 0 Å². The van der Waals surface area contributed by atoms with Crippen LogP contribution in [0.25, 0.3) is 10.9 Å². The molecule has 0 aliphatic carbocycles. The van der Waals surface area contributed by atoms with Gasteiger partial charge in [-0.2, -0.15) is 0 Å². The van der Waals surface area contributed by atoms with Crippen LogP contribution >= 0.6 is 11.8 Å². The van der Waals surface area contributed by atoms with Gasteiger partial charge in [0, 0.05) is 42.2 Å². The van der Waals surface area contributed by atoms with Crippen molar-refractivity contribution in [3.63, 3.8) is 0 Å². The van der Waals surface area contributed by atoms with Crippen LogP contribution in [-0.2, 0) is 6.61 Å². The van der Waals surface area contributed by atoms with E-state index in [1.165, 1.54) is 0 Å². The third kappa shape index (κ3) is 6.32. The fourth-order valence-corrected chi connectivity index (χ4v) is 5.79. The molecule has 1 aliphatic heterocycles. The lowest BCUT2D eigenvalue weighted by Gasteiger charge is -2.41. The van der Waals surface area contributed by atoms with Crippen molar-refractivity contribution in [2.75, 3.05) is 39.1 Å². The predicted molar refractivity (Wildman–Crippen MR) is 139 cm³/mol. The SMILES string of the molecule is COc1ccc2ncc(CO)c(C(O)CCC3(CO)CCN(CCSc4ccccn4)CC3)c2c1. The number of fused-ring (bicyclic) bond motifs is 1. The Morgan fingerprint density at radius 1 is 1.14 bits per heavy atom. The zero-order valence-corrected chi connectivity index (χ0v) is 21.1. The second-order valence-corrected chi connectivity index (χ2v) is 10.4. The van der Waals surface area contributed by atoms with E-state index in [4.69, 9.17) is 4.74 Å². The fourth-order valence-electron chi connectivity index (χ4n) is 4.92. The predicted octanol–water partition coefficient (Wildman–Crippen LogP) is 3.81. The lowest BCUT2D eigenvalue weighted by molar-refractivity contribution is 0.0252. The molecule has 1 fully saturated rings. The van der Waals surface area contributed by atoms with Gasteiger partial charge in [0.25, 0.3) is 0 Å². The van der Waals surface area contributed by atoms with E-state index in [0.717, 1.165) is 60.6 Å². The molecule has 8 heteroatoms. The zero-order chi connectivity index (χ0) is 24.7. The van der Waals surface area contributed by atoms with Crippen molar-refractivity contribution in [3.05, 3.63) is 59.9 Å². The smallest absolute Gasteiger partial charge is 0.119 e. The highest BCUT2D eigenvalue weighted by atomic mass is 32.2. The molecule has 188 valence electrons. The molecule has 1 aliphatic rings. The molecule has 4 rings (SSSR count). The number of methoxy groups -OCH3 is 1. The van der Waals surface area contributed by atoms with Crippen LogP contribution in [0.2, 0.25) is 0 Å². The molecule has 0 spiro atoms. The summed E-state index contributed by atoms with van der Waals surface area (Å²) in [5.41, 5.74) is 1.89. The summed E-state index contributed by atoms with van der Waals surface area (Å²) >= 11 is 1.77. The Morgan fingerprint density at radius 3 is 2.66 bits per heavy atom. The Labute approximate surface area is 211 Å². The number of hydrogen-bond donors (Lipinski definition) is 3. The number of benzene rings is 1. The van der Waals surface area contributed by atoms with Gasteiger partial charge in [-0.1, -0.05) is 6.07 Å². The Morgan fingerprint density at radius 2 is 1.97 bits per heavy atom. The van der Waals surface area contributed by atoms with Crippen molar-refractivity contribution in [2.45, 2.75) is 43.4 Å². The summed E-state index contributed by atoms with van der Waals surface area (Å²) in [6, 6.07) is 11.5. The van der Waals surface area contributed by atoms with Crippen LogP contribution in [0, 0.1) is 5.41 Å². The number of pyridine rings is 2. The van der Waals surface area contributed by atoms with Crippen LogP contribution in [0.1, 0.15) is 42.9 Å². The summed E-state index contributed by atoms with van der Waals surface area (Å²) in [5.74, 6) is 1.67. The second-order valence-electron chi connectivity index (χ2n) is 9.31. The quantitative estimate of drug-likeness (QED) is 0.344. The first-order valence-corrected chi connectivity index (χ1v) is 13.2. The normalized spacial score (nSPS) is 16.9. The number of rotatable bonds is 11. The number of piperidine rings is 1. The van der Waals surface area contributed by atoms with E-state index >= 15 is 0 Å². The highest BCUT2D eigenvalue weighted by Gasteiger charge is 2.34. The van der Waals surface area contributed by atoms with Gasteiger partial charge in [0.1, 0.15) is 5.75 Å². The van der Waals surface area contributed by atoms with E-state index in [-0.39, 0.29) is 18.6 Å². The molecular weight excluding hydrogens is 462 g/mol. The third-order valence-electron chi connectivity index (χ3n) is 7.20. The number of aromatic nitrogens is 2. The molecule has 0 saturated carbocycles. The molecule has 1 unspecified atom stereocenters. The first-order valence-electron chi connectivity index (χ1n) is 12.2. The third-order valence-corrected chi connectivity index (χ3v) is 8.12. The molecule has 1 saturated heterocycles. The lowest BCUT2D eigenvalue weighted by atomic mass is 9.74. The molecule has 0 amide bonds. The van der Waals surface area contributed by atoms with Crippen LogP contribution in [0.3, 0.4) is 0 Å². The Kier molecular flexibility index (Phi) is 8.97. The molecule has 2 aromatic heterocycles. The van der Waals surface area contributed by atoms with Crippen LogP contribution < -0.4 is 4.74 Å². The molecule has 1 aromatic carbocycles. The summed E-state index contributed by atoms with van der Waals surface area (Å²) in [6.45, 7) is 2.81. The van der Waals surface area contributed by atoms with Crippen molar-refractivity contribution < 1.29 is 20.1 Å². The monoisotopic (exact) mass is 497 g/mol. The number of thioether (sulfide) groups is 1. The number of hydrogen-bond acceptors (Lipinski definition) is 8. The van der Waals surface area contributed by atoms with Gasteiger partial charge >= 0.3 is 0 Å². The van der Waals surface area contributed by atoms with Gasteiger partial charge in [0.2, 0.25) is 0 Å². The molecule has 35 heavy (non-hydrogen) atoms. The van der Waals surface area contributed by atoms with E-state index in [0.29, 0.717) is 23.3 Å². The van der Waals surface area contributed by atoms with Gasteiger partial charge in [-0.05, 0) is 80.1 Å². The molecule has 3 N–H and O–H groups in total. The van der Waals surface area contributed by atoms with Gasteiger partial charge in [0.05, 0.1) is 30.4 Å². The van der Waals surface area contributed by atoms with Gasteiger partial charge in [-0.15, -0.1) is 11.8 Å². The van der Waals surface area contributed by atoms with Crippen LogP contribution in [0.15, 0.2) is 53.8 Å². The second kappa shape index (κ2) is 12.1. The number of aliphatic hydroxyl groups excluding tert-OH is 3. The van der Waals surface area contributed by atoms with E-state index in [2.05, 4.69) is 14.9 Å². The molecular formula is C27H35N3O4S. The van der Waals surface area contributed by atoms with Crippen molar-refractivity contribution in [1.82, 2.24) is 14.9 Å². The minimum atomic E-state index is -0.758. The topological polar surface area (TPSA) is 98.9 Å². The van der Waals surface area contributed by atoms with E-state index in [9.17, 15) is 15.3 Å². The largest absolute Gasteiger partial charge is 0.497 e. The number of nitrogens with zero attached hydrogens (tertiary/aromatic N) is 3. The Bertz CT molecular complexity index is 1090. The van der Waals surface area contributed by atoms with Crippen LogP contribution in [0.5, 0.6) is 5.75 Å². The van der Waals surface area contributed by atoms with E-state index < -0.39 is 6.10 Å². The standard InChI is InChI=1S/C27H35N3O4S/c1-34-21-5-6-23-22(16-21)26(20(18-31)17-29-23)24(33)7-8-27(19-32)9-12-30(13-10-27)14-15-35-25-4-2-3-11-28-25/h2-6,11,16-17,24,31-33H,7-10,12-15,18-19H2,1H3. The molecule has 7 nitrogen and oxygen atoms in total. The molecule has 1 atom stereocenters. The van der Waals surface area contributed by atoms with E-state index in [1.807, 2.05) is 42.6 Å². The first-order chi connectivity index (χ1) is 17.1. The maximum Gasteiger partial charge on any atom is 0.119 e. The average molecular weight is 498 g/mol. The summed E-state index contributed by atoms with van der Waals surface area (Å²) in [7, 11) is 1.61. The van der Waals surface area contributed by atoms with Crippen LogP contribution in [0.4, 0.5) is 0 Å². The summed E-state index contributed by atoms with van der Waals surface area (Å²) in [5, 5.41) is 33.3. The van der Waals surface area contributed by atoms with Gasteiger partial charge in [-0.3, -0.25) is 4.98 Å². The Balaban J connectivity index is 1.36. The summed E-state index contributed by atoms with van der Waals surface area (Å²) < 4.78 is 5.37. The van der Waals surface area contributed by atoms with Gasteiger partial charge < -0.3 is 25.0 Å². The number of likely N-dealkylation sites (tertiary alicyclic amines) is 1. The molecule has 3 aromatic rings. The van der Waals surface area contributed by atoms with Crippen molar-refractivity contribution in [2.24, 2.45) is 5.41 Å². The summed E-state index contributed by atoms with van der Waals surface area (Å²) in [6.07, 6.45) is 5.74. The molecule has 0 bridgehead atoms. The van der Waals surface area contributed by atoms with Gasteiger partial charge in [-0.25, -0.2) is 4.98 Å². The summed E-state index contributed by atoms with van der Waals surface area (Å²) in [4.78, 5) is 11.2. The maximum atomic E-state index is 11.2. The minimum absolute atomic E-state index is 0.119. The van der Waals surface area contributed by atoms with Crippen molar-refractivity contribution in [3.8, 4) is 5.75 Å². The first kappa shape index (κ1) is 25.9. The lowest BCUT2D eigenvalue weighted by Crippen LogP contribution is -2.43. The highest BCUT2D eigenvalue weighted by molar-refractivity contribution is 7.99. The van der Waals surface area contributed by atoms with E-state index in [1.54, 1.807) is 25.1 Å². The van der Waals surface area contributed by atoms with Crippen molar-refractivity contribution >= 4 is 22.7 Å². The number of aliphatic hydroxyl groups is 3. The highest BCUT2D eigenvalue weighted by Crippen LogP contribution is 2.40. The van der Waals surface area contributed by atoms with Gasteiger partial charge in [0.15, 0.2) is 0 Å². The minimum Gasteiger partial charge on any atom is -0.497 e.